The van der Waals surface area contributed by atoms with Gasteiger partial charge in [-0.05, 0) is 22.2 Å². The highest BCUT2D eigenvalue weighted by Gasteiger charge is 2.57. The van der Waals surface area contributed by atoms with Crippen molar-refractivity contribution < 1.29 is 52.1 Å². The summed E-state index contributed by atoms with van der Waals surface area (Å²) in [5.74, 6) is 0. The molecule has 0 bridgehead atoms. The first-order valence-electron chi connectivity index (χ1n) is 21.4. The van der Waals surface area contributed by atoms with Crippen LogP contribution in [0.25, 0.3) is 10.4 Å². The Morgan fingerprint density at radius 2 is 0.889 bits per heavy atom. The molecule has 4 aliphatic rings. The van der Waals surface area contributed by atoms with Crippen molar-refractivity contribution in [3.05, 3.63) is 190 Å². The van der Waals surface area contributed by atoms with E-state index in [2.05, 4.69) is 10.0 Å². The molecule has 0 aromatic heterocycles. The zero-order valence-electron chi connectivity index (χ0n) is 34.6. The van der Waals surface area contributed by atoms with Crippen LogP contribution in [0.3, 0.4) is 0 Å². The van der Waals surface area contributed by atoms with E-state index in [-0.39, 0.29) is 46.2 Å². The van der Waals surface area contributed by atoms with Gasteiger partial charge >= 0.3 is 0 Å². The van der Waals surface area contributed by atoms with Gasteiger partial charge < -0.3 is 52.1 Å². The molecule has 328 valence electrons. The van der Waals surface area contributed by atoms with E-state index < -0.39 is 74.0 Å². The molecular weight excluding hydrogens is 807 g/mol. The largest absolute Gasteiger partial charge is 0.368 e. The van der Waals surface area contributed by atoms with Crippen molar-refractivity contribution in [2.45, 2.75) is 93.8 Å². The van der Waals surface area contributed by atoms with Crippen molar-refractivity contribution in [1.82, 2.24) is 0 Å². The van der Waals surface area contributed by atoms with Crippen LogP contribution in [-0.2, 0) is 71.9 Å². The quantitative estimate of drug-likeness (QED) is 0.0386. The predicted molar refractivity (Wildman–Crippen MR) is 227 cm³/mol. The van der Waals surface area contributed by atoms with Crippen LogP contribution in [0.5, 0.6) is 0 Å². The summed E-state index contributed by atoms with van der Waals surface area (Å²) in [6.07, 6.45) is -9.33. The third-order valence-corrected chi connectivity index (χ3v) is 11.4. The summed E-state index contributed by atoms with van der Waals surface area (Å²) < 4.78 is 73.9. The number of azide groups is 1. The Hall–Kier alpha value is -5.03. The Kier molecular flexibility index (Phi) is 14.8. The van der Waals surface area contributed by atoms with Crippen LogP contribution < -0.4 is 0 Å². The molecule has 0 unspecified atom stereocenters. The minimum Gasteiger partial charge on any atom is -0.368 e. The smallest absolute Gasteiger partial charge is 0.187 e. The summed E-state index contributed by atoms with van der Waals surface area (Å²) >= 11 is 0. The van der Waals surface area contributed by atoms with Crippen molar-refractivity contribution in [3.8, 4) is 0 Å². The molecule has 0 N–H and O–H groups in total. The summed E-state index contributed by atoms with van der Waals surface area (Å²) in [6, 6.07) is 49.3. The van der Waals surface area contributed by atoms with E-state index in [0.29, 0.717) is 0 Å². The van der Waals surface area contributed by atoms with Gasteiger partial charge in [-0.2, -0.15) is 0 Å². The lowest BCUT2D eigenvalue weighted by Crippen LogP contribution is -2.68. The van der Waals surface area contributed by atoms with Gasteiger partial charge in [0.25, 0.3) is 0 Å². The monoisotopic (exact) mass is 857 g/mol. The van der Waals surface area contributed by atoms with E-state index in [0.717, 1.165) is 27.8 Å². The molecule has 0 radical (unpaired) electrons. The molecule has 0 aliphatic carbocycles. The number of rotatable bonds is 17. The molecule has 5 aromatic carbocycles. The van der Waals surface area contributed by atoms with Gasteiger partial charge in [-0.25, -0.2) is 0 Å². The standard InChI is InChI=1S/C49H51N3O11/c50-52-51-26-27-53-48-45(43(55-29-34-18-8-2-9-19-34)41-38(59-48)31-57-47(62-41)37-24-14-5-15-25-37)63-49-44(56-30-35-20-10-3-11-21-35)42(54-28-33-16-6-1-7-17-33)40-39(60-49)32-58-46(61-40)36-22-12-4-13-23-36/h1-25,38-49H,26-32H2/t38-,39-,40-,41-,42+,43+,44+,45+,46-,47-,48+,49+/m1/s1. The number of benzene rings is 5. The molecule has 0 spiro atoms. The van der Waals surface area contributed by atoms with Crippen LogP contribution in [0.2, 0.25) is 0 Å². The predicted octanol–water partition coefficient (Wildman–Crippen LogP) is 8.13. The Bertz CT molecular complexity index is 2170. The Balaban J connectivity index is 1.07. The SMILES string of the molecule is [N-]=[N+]=NCCO[C@H]1O[C@@H]2CO[C@@H](c3ccccc3)O[C@H]2[C@H](OCc2ccccc2)[C@@H]1O[C@@H]1O[C@@H]2CO[C@@H](c3ccccc3)O[C@H]2[C@H](OCc2ccccc2)[C@@H]1OCc1ccccc1. The van der Waals surface area contributed by atoms with Crippen molar-refractivity contribution >= 4 is 0 Å². The lowest BCUT2D eigenvalue weighted by molar-refractivity contribution is -0.413. The van der Waals surface area contributed by atoms with Gasteiger partial charge in [0.05, 0.1) is 39.6 Å². The second-order valence-corrected chi connectivity index (χ2v) is 15.6. The van der Waals surface area contributed by atoms with Crippen molar-refractivity contribution in [2.24, 2.45) is 5.11 Å². The molecule has 4 fully saturated rings. The topological polar surface area (TPSA) is 150 Å². The molecule has 14 nitrogen and oxygen atoms in total. The molecule has 4 saturated heterocycles. The lowest BCUT2D eigenvalue weighted by Gasteiger charge is -2.52. The third-order valence-electron chi connectivity index (χ3n) is 11.4. The summed E-state index contributed by atoms with van der Waals surface area (Å²) in [4.78, 5) is 2.91. The highest BCUT2D eigenvalue weighted by atomic mass is 16.8. The molecule has 4 heterocycles. The minimum atomic E-state index is -1.09. The summed E-state index contributed by atoms with van der Waals surface area (Å²) in [6.45, 7) is 1.21. The van der Waals surface area contributed by atoms with E-state index in [1.807, 2.05) is 152 Å². The van der Waals surface area contributed by atoms with Gasteiger partial charge in [0.15, 0.2) is 25.2 Å². The van der Waals surface area contributed by atoms with Gasteiger partial charge in [0, 0.05) is 22.6 Å². The molecule has 63 heavy (non-hydrogen) atoms. The molecule has 5 aromatic rings. The van der Waals surface area contributed by atoms with Gasteiger partial charge in [-0.3, -0.25) is 0 Å². The van der Waals surface area contributed by atoms with Crippen LogP contribution in [0.1, 0.15) is 40.4 Å². The fourth-order valence-corrected chi connectivity index (χ4v) is 8.31. The van der Waals surface area contributed by atoms with E-state index in [1.165, 1.54) is 0 Å². The fourth-order valence-electron chi connectivity index (χ4n) is 8.31. The maximum absolute atomic E-state index is 9.08. The summed E-state index contributed by atoms with van der Waals surface area (Å²) in [7, 11) is 0. The maximum atomic E-state index is 9.08. The minimum absolute atomic E-state index is 0.0429. The number of hydrogen-bond acceptors (Lipinski definition) is 12. The van der Waals surface area contributed by atoms with E-state index in [9.17, 15) is 0 Å². The van der Waals surface area contributed by atoms with E-state index >= 15 is 0 Å². The van der Waals surface area contributed by atoms with Gasteiger partial charge in [0.2, 0.25) is 0 Å². The van der Waals surface area contributed by atoms with Crippen LogP contribution in [0, 0.1) is 0 Å². The van der Waals surface area contributed by atoms with Crippen molar-refractivity contribution in [3.63, 3.8) is 0 Å². The third kappa shape index (κ3) is 10.8. The van der Waals surface area contributed by atoms with E-state index in [4.69, 9.17) is 57.6 Å². The maximum Gasteiger partial charge on any atom is 0.187 e. The number of fused-ring (bicyclic) bond motifs is 2. The normalized spacial score (nSPS) is 30.3. The second-order valence-electron chi connectivity index (χ2n) is 15.6. The van der Waals surface area contributed by atoms with E-state index in [1.54, 1.807) is 0 Å². The molecule has 0 saturated carbocycles. The number of hydrogen-bond donors (Lipinski definition) is 0. The summed E-state index contributed by atoms with van der Waals surface area (Å²) in [5, 5.41) is 3.70. The molecule has 12 atom stereocenters. The molecule has 0 amide bonds. The highest BCUT2D eigenvalue weighted by Crippen LogP contribution is 2.41. The summed E-state index contributed by atoms with van der Waals surface area (Å²) in [5.41, 5.74) is 13.7. The first kappa shape index (κ1) is 43.2. The number of nitrogens with zero attached hydrogens (tertiary/aromatic N) is 3. The van der Waals surface area contributed by atoms with Crippen LogP contribution >= 0.6 is 0 Å². The van der Waals surface area contributed by atoms with Gasteiger partial charge in [-0.1, -0.05) is 157 Å². The lowest BCUT2D eigenvalue weighted by atomic mass is 9.95. The zero-order valence-corrected chi connectivity index (χ0v) is 34.6. The molecule has 14 heteroatoms. The molecular formula is C49H51N3O11. The Labute approximate surface area is 366 Å². The average molecular weight is 858 g/mol. The highest BCUT2D eigenvalue weighted by molar-refractivity contribution is 5.19. The first-order valence-corrected chi connectivity index (χ1v) is 21.4. The van der Waals surface area contributed by atoms with Gasteiger partial charge in [-0.15, -0.1) is 0 Å². The Morgan fingerprint density at radius 1 is 0.476 bits per heavy atom. The zero-order chi connectivity index (χ0) is 42.6. The second kappa shape index (κ2) is 21.6. The van der Waals surface area contributed by atoms with Crippen molar-refractivity contribution in [1.29, 1.82) is 0 Å². The Morgan fingerprint density at radius 3 is 1.35 bits per heavy atom. The molecule has 4 aliphatic heterocycles. The van der Waals surface area contributed by atoms with Gasteiger partial charge in [0.1, 0.15) is 48.8 Å². The average Bonchev–Trinajstić information content (AvgIpc) is 3.35. The fraction of sp³-hybridized carbons (Fsp3) is 0.388. The van der Waals surface area contributed by atoms with Crippen molar-refractivity contribution in [2.75, 3.05) is 26.4 Å². The number of ether oxygens (including phenoxy) is 11. The van der Waals surface area contributed by atoms with Crippen LogP contribution in [0.15, 0.2) is 157 Å². The van der Waals surface area contributed by atoms with Crippen LogP contribution in [-0.4, -0.2) is 87.8 Å². The first-order chi connectivity index (χ1) is 31.2. The van der Waals surface area contributed by atoms with Crippen LogP contribution in [0.4, 0.5) is 0 Å². The molecule has 9 rings (SSSR count).